The van der Waals surface area contributed by atoms with E-state index in [4.69, 9.17) is 0 Å². The first kappa shape index (κ1) is 7.99. The molecule has 0 radical (unpaired) electrons. The van der Waals surface area contributed by atoms with Crippen molar-refractivity contribution in [3.8, 4) is 0 Å². The summed E-state index contributed by atoms with van der Waals surface area (Å²) in [6.45, 7) is 3.96. The van der Waals surface area contributed by atoms with Gasteiger partial charge < -0.3 is 5.11 Å². The molecule has 2 nitrogen and oxygen atoms in total. The van der Waals surface area contributed by atoms with Gasteiger partial charge in [-0.2, -0.15) is 0 Å². The van der Waals surface area contributed by atoms with Crippen molar-refractivity contribution in [1.29, 1.82) is 0 Å². The standard InChI is InChI=1S/C10H14O2/c1-5-7-3-4-8(11)6(2)9(7)10(5)12/h3-7,9-10,12H,1-2H3/t5-,6-,7+,9+,10+/m0/s1. The third-order valence-electron chi connectivity index (χ3n) is 3.49. The number of aliphatic hydroxyl groups excluding tert-OH is 1. The Bertz CT molecular complexity index is 244. The van der Waals surface area contributed by atoms with Crippen molar-refractivity contribution < 1.29 is 9.90 Å². The highest BCUT2D eigenvalue weighted by Gasteiger charge is 2.50. The second kappa shape index (κ2) is 2.43. The minimum absolute atomic E-state index is 0.0196. The highest BCUT2D eigenvalue weighted by molar-refractivity contribution is 5.93. The molecule has 0 aromatic carbocycles. The predicted octanol–water partition coefficient (Wildman–Crippen LogP) is 1.00. The van der Waals surface area contributed by atoms with Crippen LogP contribution in [0.1, 0.15) is 13.8 Å². The Kier molecular flexibility index (Phi) is 1.62. The van der Waals surface area contributed by atoms with Crippen molar-refractivity contribution in [2.45, 2.75) is 20.0 Å². The second-order valence-electron chi connectivity index (χ2n) is 4.05. The van der Waals surface area contributed by atoms with Crippen LogP contribution in [0.2, 0.25) is 0 Å². The summed E-state index contributed by atoms with van der Waals surface area (Å²) in [6.07, 6.45) is 3.37. The summed E-state index contributed by atoms with van der Waals surface area (Å²) in [7, 11) is 0. The molecule has 66 valence electrons. The number of carbonyl (C=O) groups is 1. The average molecular weight is 166 g/mol. The fraction of sp³-hybridized carbons (Fsp3) is 0.700. The summed E-state index contributed by atoms with van der Waals surface area (Å²) < 4.78 is 0. The molecule has 0 aromatic rings. The van der Waals surface area contributed by atoms with Crippen molar-refractivity contribution >= 4 is 5.78 Å². The molecule has 0 bridgehead atoms. The number of aliphatic hydroxyl groups is 1. The van der Waals surface area contributed by atoms with Gasteiger partial charge in [-0.25, -0.2) is 0 Å². The lowest BCUT2D eigenvalue weighted by Crippen LogP contribution is -2.54. The molecule has 12 heavy (non-hydrogen) atoms. The van der Waals surface area contributed by atoms with Crippen molar-refractivity contribution in [3.63, 3.8) is 0 Å². The molecule has 2 aliphatic rings. The van der Waals surface area contributed by atoms with E-state index < -0.39 is 0 Å². The summed E-state index contributed by atoms with van der Waals surface area (Å²) in [5, 5.41) is 9.61. The van der Waals surface area contributed by atoms with E-state index in [0.29, 0.717) is 11.8 Å². The van der Waals surface area contributed by atoms with Crippen LogP contribution in [0, 0.1) is 23.7 Å². The van der Waals surface area contributed by atoms with E-state index in [-0.39, 0.29) is 23.7 Å². The van der Waals surface area contributed by atoms with Gasteiger partial charge in [0.1, 0.15) is 0 Å². The molecule has 2 rings (SSSR count). The SMILES string of the molecule is C[C@@H]1[C@@H](O)[C@H]2[C@@H]1C=CC(=O)[C@@H]2C. The lowest BCUT2D eigenvalue weighted by Gasteiger charge is -2.50. The Balaban J connectivity index is 2.24. The van der Waals surface area contributed by atoms with Crippen LogP contribution in [0.4, 0.5) is 0 Å². The molecule has 1 N–H and O–H groups in total. The molecule has 0 heterocycles. The van der Waals surface area contributed by atoms with Crippen LogP contribution >= 0.6 is 0 Å². The van der Waals surface area contributed by atoms with Crippen LogP contribution in [0.5, 0.6) is 0 Å². The first-order chi connectivity index (χ1) is 5.63. The molecule has 2 aliphatic carbocycles. The van der Waals surface area contributed by atoms with Crippen LogP contribution in [0.25, 0.3) is 0 Å². The molecule has 0 aromatic heterocycles. The minimum Gasteiger partial charge on any atom is -0.392 e. The molecule has 0 saturated heterocycles. The number of allylic oxidation sites excluding steroid dienone is 2. The first-order valence-electron chi connectivity index (χ1n) is 4.53. The van der Waals surface area contributed by atoms with Gasteiger partial charge in [0.15, 0.2) is 5.78 Å². The minimum atomic E-state index is -0.265. The van der Waals surface area contributed by atoms with Crippen LogP contribution in [-0.4, -0.2) is 17.0 Å². The molecular weight excluding hydrogens is 152 g/mol. The Morgan fingerprint density at radius 2 is 2.08 bits per heavy atom. The number of rotatable bonds is 0. The summed E-state index contributed by atoms with van der Waals surface area (Å²) in [6, 6.07) is 0. The third kappa shape index (κ3) is 0.816. The lowest BCUT2D eigenvalue weighted by molar-refractivity contribution is -0.137. The van der Waals surface area contributed by atoms with Gasteiger partial charge in [0.05, 0.1) is 6.10 Å². The van der Waals surface area contributed by atoms with Crippen molar-refractivity contribution in [2.75, 3.05) is 0 Å². The Morgan fingerprint density at radius 1 is 1.42 bits per heavy atom. The van der Waals surface area contributed by atoms with Crippen molar-refractivity contribution in [3.05, 3.63) is 12.2 Å². The van der Waals surface area contributed by atoms with E-state index >= 15 is 0 Å². The van der Waals surface area contributed by atoms with Crippen LogP contribution in [0.15, 0.2) is 12.2 Å². The van der Waals surface area contributed by atoms with Crippen LogP contribution < -0.4 is 0 Å². The molecule has 0 aliphatic heterocycles. The Hall–Kier alpha value is -0.630. The van der Waals surface area contributed by atoms with E-state index in [1.54, 1.807) is 6.08 Å². The van der Waals surface area contributed by atoms with Gasteiger partial charge in [0.2, 0.25) is 0 Å². The maximum atomic E-state index is 11.2. The van der Waals surface area contributed by atoms with E-state index in [9.17, 15) is 9.90 Å². The zero-order valence-corrected chi connectivity index (χ0v) is 7.40. The molecule has 0 amide bonds. The smallest absolute Gasteiger partial charge is 0.158 e. The molecule has 0 spiro atoms. The number of carbonyl (C=O) groups excluding carboxylic acids is 1. The molecule has 0 unspecified atom stereocenters. The monoisotopic (exact) mass is 166 g/mol. The fourth-order valence-electron chi connectivity index (χ4n) is 2.49. The number of hydrogen-bond acceptors (Lipinski definition) is 2. The van der Waals surface area contributed by atoms with Gasteiger partial charge in [0.25, 0.3) is 0 Å². The first-order valence-corrected chi connectivity index (χ1v) is 4.53. The third-order valence-corrected chi connectivity index (χ3v) is 3.49. The average Bonchev–Trinajstić information content (AvgIpc) is 2.08. The zero-order valence-electron chi connectivity index (χ0n) is 7.40. The lowest BCUT2D eigenvalue weighted by atomic mass is 9.56. The quantitative estimate of drug-likeness (QED) is 0.583. The van der Waals surface area contributed by atoms with E-state index in [2.05, 4.69) is 0 Å². The van der Waals surface area contributed by atoms with Crippen LogP contribution in [0.3, 0.4) is 0 Å². The number of hydrogen-bond donors (Lipinski definition) is 1. The second-order valence-corrected chi connectivity index (χ2v) is 4.05. The van der Waals surface area contributed by atoms with Crippen molar-refractivity contribution in [2.24, 2.45) is 23.7 Å². The molecule has 2 heteroatoms. The Morgan fingerprint density at radius 3 is 2.75 bits per heavy atom. The van der Waals surface area contributed by atoms with E-state index in [1.165, 1.54) is 0 Å². The topological polar surface area (TPSA) is 37.3 Å². The number of fused-ring (bicyclic) bond motifs is 1. The van der Waals surface area contributed by atoms with E-state index in [1.807, 2.05) is 19.9 Å². The largest absolute Gasteiger partial charge is 0.392 e. The molecular formula is C10H14O2. The van der Waals surface area contributed by atoms with Gasteiger partial charge in [-0.15, -0.1) is 0 Å². The summed E-state index contributed by atoms with van der Waals surface area (Å²) >= 11 is 0. The highest BCUT2D eigenvalue weighted by Crippen LogP contribution is 2.47. The van der Waals surface area contributed by atoms with Gasteiger partial charge in [0, 0.05) is 11.8 Å². The molecule has 1 saturated carbocycles. The van der Waals surface area contributed by atoms with Gasteiger partial charge in [-0.3, -0.25) is 4.79 Å². The molecule has 1 fully saturated rings. The number of ketones is 1. The maximum Gasteiger partial charge on any atom is 0.158 e. The maximum absolute atomic E-state index is 11.2. The molecule has 5 atom stereocenters. The highest BCUT2D eigenvalue weighted by atomic mass is 16.3. The van der Waals surface area contributed by atoms with Crippen molar-refractivity contribution in [1.82, 2.24) is 0 Å². The predicted molar refractivity (Wildman–Crippen MR) is 45.5 cm³/mol. The summed E-state index contributed by atoms with van der Waals surface area (Å²) in [5.41, 5.74) is 0. The normalized spacial score (nSPS) is 51.6. The van der Waals surface area contributed by atoms with E-state index in [0.717, 1.165) is 0 Å². The summed E-state index contributed by atoms with van der Waals surface area (Å²) in [5.74, 6) is 1.15. The fourth-order valence-corrected chi connectivity index (χ4v) is 2.49. The van der Waals surface area contributed by atoms with Gasteiger partial charge >= 0.3 is 0 Å². The van der Waals surface area contributed by atoms with Crippen LogP contribution in [-0.2, 0) is 4.79 Å². The summed E-state index contributed by atoms with van der Waals surface area (Å²) in [4.78, 5) is 11.2. The van der Waals surface area contributed by atoms with Gasteiger partial charge in [-0.1, -0.05) is 19.9 Å². The zero-order chi connectivity index (χ0) is 8.88. The van der Waals surface area contributed by atoms with Gasteiger partial charge in [-0.05, 0) is 17.9 Å². The Labute approximate surface area is 72.3 Å².